The van der Waals surface area contributed by atoms with E-state index in [4.69, 9.17) is 5.11 Å². The van der Waals surface area contributed by atoms with Crippen LogP contribution in [0.1, 0.15) is 33.6 Å². The smallest absolute Gasteiger partial charge is 0.326 e. The standard InChI is InChI=1S/C24H28N2O6S2/c1-33-11-10-20(24(31)32)26-23(30)18-9-8-16(12-19(18)15-6-4-3-5-7-15)22(29)25-17(14-34-2)13-21(27)28/h3-9,12,17,20H,10-11,13-14H2,1-2H3,(H,25,29)(H,26,30)(H,27,28)(H,31,32). The highest BCUT2D eigenvalue weighted by Crippen LogP contribution is 2.26. The Labute approximate surface area is 206 Å². The third kappa shape index (κ3) is 8.11. The first-order valence-electron chi connectivity index (χ1n) is 10.5. The highest BCUT2D eigenvalue weighted by Gasteiger charge is 2.23. The van der Waals surface area contributed by atoms with E-state index in [9.17, 15) is 24.3 Å². The minimum absolute atomic E-state index is 0.203. The third-order valence-corrected chi connectivity index (χ3v) is 6.33. The van der Waals surface area contributed by atoms with Crippen LogP contribution in [0.5, 0.6) is 0 Å². The second-order valence-electron chi connectivity index (χ2n) is 7.50. The lowest BCUT2D eigenvalue weighted by Gasteiger charge is -2.18. The number of nitrogens with one attached hydrogen (secondary N) is 2. The summed E-state index contributed by atoms with van der Waals surface area (Å²) in [7, 11) is 0. The number of carboxylic acids is 2. The second kappa shape index (κ2) is 13.7. The van der Waals surface area contributed by atoms with Crippen molar-refractivity contribution in [2.45, 2.75) is 24.9 Å². The summed E-state index contributed by atoms with van der Waals surface area (Å²) in [4.78, 5) is 48.6. The van der Waals surface area contributed by atoms with Crippen molar-refractivity contribution in [2.75, 3.05) is 24.0 Å². The molecule has 0 aliphatic carbocycles. The molecule has 34 heavy (non-hydrogen) atoms. The number of carbonyl (C=O) groups excluding carboxylic acids is 2. The first kappa shape index (κ1) is 27.3. The molecule has 0 fully saturated rings. The average Bonchev–Trinajstić information content (AvgIpc) is 2.81. The zero-order valence-corrected chi connectivity index (χ0v) is 20.6. The Morgan fingerprint density at radius 3 is 2.21 bits per heavy atom. The Kier molecular flexibility index (Phi) is 11.0. The lowest BCUT2D eigenvalue weighted by atomic mass is 9.96. The minimum atomic E-state index is -1.11. The Balaban J connectivity index is 2.38. The minimum Gasteiger partial charge on any atom is -0.481 e. The van der Waals surface area contributed by atoms with E-state index in [2.05, 4.69) is 10.6 Å². The highest BCUT2D eigenvalue weighted by molar-refractivity contribution is 7.98. The van der Waals surface area contributed by atoms with Gasteiger partial charge < -0.3 is 20.8 Å². The van der Waals surface area contributed by atoms with Crippen LogP contribution in [0.15, 0.2) is 48.5 Å². The van der Waals surface area contributed by atoms with Gasteiger partial charge in [-0.05, 0) is 54.0 Å². The van der Waals surface area contributed by atoms with Crippen LogP contribution in [0.2, 0.25) is 0 Å². The molecule has 2 atom stereocenters. The SMILES string of the molecule is CSCCC(NC(=O)c1ccc(C(=O)NC(CSC)CC(=O)O)cc1-c1ccccc1)C(=O)O. The van der Waals surface area contributed by atoms with Gasteiger partial charge in [0.15, 0.2) is 0 Å². The van der Waals surface area contributed by atoms with E-state index in [1.807, 2.05) is 18.6 Å². The molecule has 0 aromatic heterocycles. The predicted octanol–water partition coefficient (Wildman–Crippen LogP) is 3.23. The maximum atomic E-state index is 13.0. The van der Waals surface area contributed by atoms with E-state index >= 15 is 0 Å². The molecular weight excluding hydrogens is 476 g/mol. The van der Waals surface area contributed by atoms with Crippen LogP contribution in [-0.2, 0) is 9.59 Å². The van der Waals surface area contributed by atoms with Crippen molar-refractivity contribution in [3.8, 4) is 11.1 Å². The van der Waals surface area contributed by atoms with Gasteiger partial charge in [-0.15, -0.1) is 0 Å². The molecule has 0 heterocycles. The van der Waals surface area contributed by atoms with Gasteiger partial charge in [0.2, 0.25) is 0 Å². The molecule has 0 aliphatic rings. The summed E-state index contributed by atoms with van der Waals surface area (Å²) in [6, 6.07) is 11.9. The lowest BCUT2D eigenvalue weighted by molar-refractivity contribution is -0.139. The fourth-order valence-electron chi connectivity index (χ4n) is 3.30. The molecule has 0 bridgehead atoms. The first-order valence-corrected chi connectivity index (χ1v) is 13.3. The molecule has 0 saturated carbocycles. The van der Waals surface area contributed by atoms with Crippen molar-refractivity contribution < 1.29 is 29.4 Å². The number of aliphatic carboxylic acids is 2. The van der Waals surface area contributed by atoms with E-state index in [-0.39, 0.29) is 24.0 Å². The molecule has 2 amide bonds. The number of carboxylic acid groups (broad SMARTS) is 2. The van der Waals surface area contributed by atoms with E-state index < -0.39 is 35.8 Å². The highest BCUT2D eigenvalue weighted by atomic mass is 32.2. The number of rotatable bonds is 13. The van der Waals surface area contributed by atoms with Gasteiger partial charge in [-0.2, -0.15) is 23.5 Å². The van der Waals surface area contributed by atoms with Gasteiger partial charge in [-0.1, -0.05) is 30.3 Å². The third-order valence-electron chi connectivity index (χ3n) is 4.95. The zero-order valence-electron chi connectivity index (χ0n) is 18.9. The number of hydrogen-bond donors (Lipinski definition) is 4. The number of thioether (sulfide) groups is 2. The number of benzene rings is 2. The molecule has 0 saturated heterocycles. The Morgan fingerprint density at radius 1 is 0.912 bits per heavy atom. The molecule has 0 aliphatic heterocycles. The fraction of sp³-hybridized carbons (Fsp3) is 0.333. The van der Waals surface area contributed by atoms with Crippen LogP contribution in [0.3, 0.4) is 0 Å². The normalized spacial score (nSPS) is 12.4. The molecule has 2 aromatic rings. The predicted molar refractivity (Wildman–Crippen MR) is 136 cm³/mol. The summed E-state index contributed by atoms with van der Waals surface area (Å²) in [6.45, 7) is 0. The monoisotopic (exact) mass is 504 g/mol. The second-order valence-corrected chi connectivity index (χ2v) is 9.39. The van der Waals surface area contributed by atoms with Crippen molar-refractivity contribution in [1.82, 2.24) is 10.6 Å². The van der Waals surface area contributed by atoms with Crippen LogP contribution in [-0.4, -0.2) is 70.1 Å². The molecular formula is C24H28N2O6S2. The molecule has 0 radical (unpaired) electrons. The molecule has 182 valence electrons. The maximum absolute atomic E-state index is 13.0. The molecule has 2 unspecified atom stereocenters. The van der Waals surface area contributed by atoms with Crippen LogP contribution in [0.25, 0.3) is 11.1 Å². The molecule has 8 nitrogen and oxygen atoms in total. The summed E-state index contributed by atoms with van der Waals surface area (Å²) in [6.07, 6.45) is 3.76. The van der Waals surface area contributed by atoms with E-state index in [0.717, 1.165) is 0 Å². The molecule has 2 aromatic carbocycles. The van der Waals surface area contributed by atoms with Gasteiger partial charge in [0.25, 0.3) is 11.8 Å². The lowest BCUT2D eigenvalue weighted by Crippen LogP contribution is -2.41. The number of hydrogen-bond acceptors (Lipinski definition) is 6. The van der Waals surface area contributed by atoms with Crippen LogP contribution in [0.4, 0.5) is 0 Å². The van der Waals surface area contributed by atoms with Crippen molar-refractivity contribution in [3.05, 3.63) is 59.7 Å². The summed E-state index contributed by atoms with van der Waals surface area (Å²) in [5.41, 5.74) is 1.66. The van der Waals surface area contributed by atoms with Gasteiger partial charge in [0, 0.05) is 22.9 Å². The molecule has 4 N–H and O–H groups in total. The van der Waals surface area contributed by atoms with Crippen molar-refractivity contribution in [1.29, 1.82) is 0 Å². The molecule has 0 spiro atoms. The first-order chi connectivity index (χ1) is 16.3. The van der Waals surface area contributed by atoms with Crippen molar-refractivity contribution in [3.63, 3.8) is 0 Å². The fourth-order valence-corrected chi connectivity index (χ4v) is 4.38. The van der Waals surface area contributed by atoms with Gasteiger partial charge in [0.05, 0.1) is 6.42 Å². The molecule has 2 rings (SSSR count). The van der Waals surface area contributed by atoms with Crippen LogP contribution in [0, 0.1) is 0 Å². The van der Waals surface area contributed by atoms with Gasteiger partial charge in [-0.3, -0.25) is 14.4 Å². The quantitative estimate of drug-likeness (QED) is 0.327. The number of amides is 2. The zero-order chi connectivity index (χ0) is 25.1. The average molecular weight is 505 g/mol. The van der Waals surface area contributed by atoms with Gasteiger partial charge in [-0.25, -0.2) is 4.79 Å². The van der Waals surface area contributed by atoms with Gasteiger partial charge in [0.1, 0.15) is 6.04 Å². The summed E-state index contributed by atoms with van der Waals surface area (Å²) in [5.74, 6) is -2.10. The Bertz CT molecular complexity index is 1020. The van der Waals surface area contributed by atoms with Crippen molar-refractivity contribution >= 4 is 47.3 Å². The van der Waals surface area contributed by atoms with E-state index in [1.165, 1.54) is 35.7 Å². The van der Waals surface area contributed by atoms with E-state index in [0.29, 0.717) is 22.6 Å². The van der Waals surface area contributed by atoms with Gasteiger partial charge >= 0.3 is 11.9 Å². The topological polar surface area (TPSA) is 133 Å². The van der Waals surface area contributed by atoms with Crippen LogP contribution < -0.4 is 10.6 Å². The maximum Gasteiger partial charge on any atom is 0.326 e. The van der Waals surface area contributed by atoms with Crippen LogP contribution >= 0.6 is 23.5 Å². The Hall–Kier alpha value is -2.98. The summed E-state index contributed by atoms with van der Waals surface area (Å²) in [5, 5.41) is 23.9. The summed E-state index contributed by atoms with van der Waals surface area (Å²) >= 11 is 2.92. The number of carbonyl (C=O) groups is 4. The largest absolute Gasteiger partial charge is 0.481 e. The van der Waals surface area contributed by atoms with Crippen molar-refractivity contribution in [2.24, 2.45) is 0 Å². The molecule has 10 heteroatoms. The van der Waals surface area contributed by atoms with E-state index in [1.54, 1.807) is 30.3 Å². The Morgan fingerprint density at radius 2 is 1.62 bits per heavy atom. The summed E-state index contributed by atoms with van der Waals surface area (Å²) < 4.78 is 0.